The Bertz CT molecular complexity index is 1550. The molecule has 1 aromatic heterocycles. The summed E-state index contributed by atoms with van der Waals surface area (Å²) in [7, 11) is 1.32. The van der Waals surface area contributed by atoms with Crippen molar-refractivity contribution in [3.8, 4) is 5.75 Å². The number of benzene rings is 2. The predicted octanol–water partition coefficient (Wildman–Crippen LogP) is 3.63. The second-order valence-electron chi connectivity index (χ2n) is 9.58. The molecule has 8 heteroatoms. The summed E-state index contributed by atoms with van der Waals surface area (Å²) in [5.41, 5.74) is 2.99. The molecule has 2 heterocycles. The first-order valence-electron chi connectivity index (χ1n) is 11.5. The molecule has 36 heavy (non-hydrogen) atoms. The molecule has 2 aromatic carbocycles. The van der Waals surface area contributed by atoms with Crippen molar-refractivity contribution in [2.45, 2.75) is 46.1 Å². The van der Waals surface area contributed by atoms with E-state index in [-0.39, 0.29) is 11.0 Å². The van der Waals surface area contributed by atoms with E-state index in [0.29, 0.717) is 31.9 Å². The minimum atomic E-state index is -0.686. The standard InChI is InChI=1S/C28H28N2O5S/c1-16-23(26(33)34-6)24(18-11-13-20(14-12-18)28(3,4)5)30-25(32)22(36-27(30)29-16)15-19-9-7-8-10-21(19)35-17(2)31/h7-15,24H,1-6H3/b22-15+. The van der Waals surface area contributed by atoms with Gasteiger partial charge in [-0.15, -0.1) is 0 Å². The minimum Gasteiger partial charge on any atom is -0.466 e. The van der Waals surface area contributed by atoms with Crippen molar-refractivity contribution in [2.24, 2.45) is 4.99 Å². The van der Waals surface area contributed by atoms with Crippen LogP contribution in [0.2, 0.25) is 0 Å². The Morgan fingerprint density at radius 2 is 1.75 bits per heavy atom. The number of aromatic nitrogens is 1. The van der Waals surface area contributed by atoms with Crippen LogP contribution in [-0.4, -0.2) is 23.6 Å². The molecule has 1 aliphatic rings. The third kappa shape index (κ3) is 4.81. The molecule has 0 saturated heterocycles. The van der Waals surface area contributed by atoms with Gasteiger partial charge in [-0.2, -0.15) is 0 Å². The number of ether oxygens (including phenoxy) is 2. The average molecular weight is 505 g/mol. The number of allylic oxidation sites excluding steroid dienone is 1. The number of fused-ring (bicyclic) bond motifs is 1. The highest BCUT2D eigenvalue weighted by Gasteiger charge is 2.33. The number of methoxy groups -OCH3 is 1. The van der Waals surface area contributed by atoms with Crippen molar-refractivity contribution in [3.63, 3.8) is 0 Å². The summed E-state index contributed by atoms with van der Waals surface area (Å²) < 4.78 is 12.3. The molecule has 4 rings (SSSR count). The normalized spacial score (nSPS) is 15.8. The van der Waals surface area contributed by atoms with Gasteiger partial charge >= 0.3 is 11.9 Å². The van der Waals surface area contributed by atoms with E-state index in [4.69, 9.17) is 9.47 Å². The van der Waals surface area contributed by atoms with Crippen LogP contribution in [0.3, 0.4) is 0 Å². The number of thiazole rings is 1. The van der Waals surface area contributed by atoms with Crippen LogP contribution >= 0.6 is 11.3 Å². The first-order valence-corrected chi connectivity index (χ1v) is 12.3. The van der Waals surface area contributed by atoms with E-state index in [1.165, 1.54) is 29.9 Å². The van der Waals surface area contributed by atoms with Gasteiger partial charge < -0.3 is 9.47 Å². The van der Waals surface area contributed by atoms with Crippen LogP contribution in [-0.2, 0) is 19.7 Å². The summed E-state index contributed by atoms with van der Waals surface area (Å²) in [5.74, 6) is -0.624. The highest BCUT2D eigenvalue weighted by molar-refractivity contribution is 7.07. The van der Waals surface area contributed by atoms with Crippen molar-refractivity contribution in [2.75, 3.05) is 7.11 Å². The topological polar surface area (TPSA) is 87.0 Å². The number of hydrogen-bond donors (Lipinski definition) is 0. The minimum absolute atomic E-state index is 0.0425. The van der Waals surface area contributed by atoms with E-state index < -0.39 is 18.0 Å². The van der Waals surface area contributed by atoms with Crippen LogP contribution in [0.15, 0.2) is 69.6 Å². The van der Waals surface area contributed by atoms with Gasteiger partial charge in [0.1, 0.15) is 5.75 Å². The number of rotatable bonds is 4. The summed E-state index contributed by atoms with van der Waals surface area (Å²) in [4.78, 5) is 43.2. The quantitative estimate of drug-likeness (QED) is 0.400. The Kier molecular flexibility index (Phi) is 6.82. The summed E-state index contributed by atoms with van der Waals surface area (Å²) in [5, 5.41) is 0. The fraction of sp³-hybridized carbons (Fsp3) is 0.286. The van der Waals surface area contributed by atoms with Gasteiger partial charge in [-0.1, -0.05) is 74.6 Å². The highest BCUT2D eigenvalue weighted by atomic mass is 32.1. The summed E-state index contributed by atoms with van der Waals surface area (Å²) in [6, 6.07) is 14.2. The lowest BCUT2D eigenvalue weighted by molar-refractivity contribution is -0.136. The van der Waals surface area contributed by atoms with E-state index in [1.807, 2.05) is 24.3 Å². The molecule has 0 saturated carbocycles. The molecule has 1 aliphatic heterocycles. The van der Waals surface area contributed by atoms with Gasteiger partial charge in [-0.05, 0) is 35.6 Å². The first kappa shape index (κ1) is 25.3. The third-order valence-electron chi connectivity index (χ3n) is 5.98. The molecule has 0 radical (unpaired) electrons. The third-order valence-corrected chi connectivity index (χ3v) is 6.96. The number of esters is 2. The van der Waals surface area contributed by atoms with Crippen LogP contribution in [0.4, 0.5) is 0 Å². The van der Waals surface area contributed by atoms with Gasteiger partial charge in [-0.25, -0.2) is 9.79 Å². The average Bonchev–Trinajstić information content (AvgIpc) is 3.12. The van der Waals surface area contributed by atoms with Gasteiger partial charge in [0.2, 0.25) is 0 Å². The van der Waals surface area contributed by atoms with Crippen molar-refractivity contribution < 1.29 is 19.1 Å². The maximum absolute atomic E-state index is 13.7. The van der Waals surface area contributed by atoms with Crippen molar-refractivity contribution >= 4 is 29.4 Å². The molecular weight excluding hydrogens is 476 g/mol. The number of carbonyl (C=O) groups is 2. The highest BCUT2D eigenvalue weighted by Crippen LogP contribution is 2.32. The van der Waals surface area contributed by atoms with Crippen LogP contribution < -0.4 is 19.6 Å². The molecule has 0 spiro atoms. The Morgan fingerprint density at radius 3 is 2.36 bits per heavy atom. The first-order chi connectivity index (χ1) is 17.0. The maximum atomic E-state index is 13.7. The zero-order chi connectivity index (χ0) is 26.2. The summed E-state index contributed by atoms with van der Waals surface area (Å²) in [6.45, 7) is 9.45. The van der Waals surface area contributed by atoms with Crippen molar-refractivity contribution in [1.82, 2.24) is 4.57 Å². The lowest BCUT2D eigenvalue weighted by atomic mass is 9.85. The van der Waals surface area contributed by atoms with E-state index in [0.717, 1.165) is 11.1 Å². The second kappa shape index (κ2) is 9.70. The Hall–Kier alpha value is -3.78. The van der Waals surface area contributed by atoms with Gasteiger partial charge in [0.25, 0.3) is 5.56 Å². The number of para-hydroxylation sites is 1. The number of carbonyl (C=O) groups excluding carboxylic acids is 2. The molecular formula is C28H28N2O5S. The molecule has 0 amide bonds. The lowest BCUT2D eigenvalue weighted by Gasteiger charge is -2.25. The fourth-order valence-electron chi connectivity index (χ4n) is 4.16. The van der Waals surface area contributed by atoms with Gasteiger partial charge in [-0.3, -0.25) is 14.2 Å². The molecule has 0 N–H and O–H groups in total. The van der Waals surface area contributed by atoms with Crippen LogP contribution in [0.1, 0.15) is 57.4 Å². The van der Waals surface area contributed by atoms with E-state index in [1.54, 1.807) is 37.3 Å². The second-order valence-corrected chi connectivity index (χ2v) is 10.6. The van der Waals surface area contributed by atoms with E-state index in [2.05, 4.69) is 25.8 Å². The molecule has 1 unspecified atom stereocenters. The monoisotopic (exact) mass is 504 g/mol. The van der Waals surface area contributed by atoms with E-state index in [9.17, 15) is 14.4 Å². The van der Waals surface area contributed by atoms with Crippen LogP contribution in [0, 0.1) is 0 Å². The molecule has 7 nitrogen and oxygen atoms in total. The van der Waals surface area contributed by atoms with Crippen molar-refractivity contribution in [3.05, 3.63) is 96.2 Å². The fourth-order valence-corrected chi connectivity index (χ4v) is 5.20. The van der Waals surface area contributed by atoms with Crippen LogP contribution in [0.5, 0.6) is 5.75 Å². The summed E-state index contributed by atoms with van der Waals surface area (Å²) >= 11 is 1.22. The van der Waals surface area contributed by atoms with Gasteiger partial charge in [0, 0.05) is 12.5 Å². The molecule has 0 fully saturated rings. The lowest BCUT2D eigenvalue weighted by Crippen LogP contribution is -2.39. The summed E-state index contributed by atoms with van der Waals surface area (Å²) in [6.07, 6.45) is 1.68. The van der Waals surface area contributed by atoms with Crippen molar-refractivity contribution in [1.29, 1.82) is 0 Å². The zero-order valence-electron chi connectivity index (χ0n) is 21.1. The van der Waals surface area contributed by atoms with Crippen LogP contribution in [0.25, 0.3) is 6.08 Å². The number of hydrogen-bond acceptors (Lipinski definition) is 7. The molecule has 0 bridgehead atoms. The van der Waals surface area contributed by atoms with E-state index >= 15 is 0 Å². The zero-order valence-corrected chi connectivity index (χ0v) is 21.9. The Labute approximate surface area is 213 Å². The SMILES string of the molecule is COC(=O)C1=C(C)N=c2s/c(=C/c3ccccc3OC(C)=O)c(=O)n2C1c1ccc(C(C)(C)C)cc1. The Morgan fingerprint density at radius 1 is 1.08 bits per heavy atom. The smallest absolute Gasteiger partial charge is 0.338 e. The molecule has 3 aromatic rings. The number of nitrogens with zero attached hydrogens (tertiary/aromatic N) is 2. The Balaban J connectivity index is 1.93. The molecule has 1 atom stereocenters. The largest absolute Gasteiger partial charge is 0.466 e. The molecule has 0 aliphatic carbocycles. The molecule has 186 valence electrons. The predicted molar refractivity (Wildman–Crippen MR) is 139 cm³/mol. The maximum Gasteiger partial charge on any atom is 0.338 e. The van der Waals surface area contributed by atoms with Gasteiger partial charge in [0.15, 0.2) is 4.80 Å². The van der Waals surface area contributed by atoms with Gasteiger partial charge in [0.05, 0.1) is 29.0 Å².